The van der Waals surface area contributed by atoms with Crippen molar-refractivity contribution in [1.29, 1.82) is 0 Å². The topological polar surface area (TPSA) is 64.0 Å². The van der Waals surface area contributed by atoms with Gasteiger partial charge in [-0.25, -0.2) is 4.79 Å². The molecule has 0 aromatic rings. The van der Waals surface area contributed by atoms with E-state index in [1.165, 1.54) is 0 Å². The second kappa shape index (κ2) is 7.31. The number of carboxylic acid groups (broad SMARTS) is 1. The molecule has 0 aromatic carbocycles. The lowest BCUT2D eigenvalue weighted by molar-refractivity contribution is -0.145. The zero-order valence-electron chi connectivity index (χ0n) is 16.1. The molecule has 5 nitrogen and oxygen atoms in total. The molecule has 25 heavy (non-hydrogen) atoms. The minimum absolute atomic E-state index is 0.169. The molecule has 0 spiro atoms. The van der Waals surface area contributed by atoms with E-state index in [0.717, 1.165) is 41.8 Å². The fourth-order valence-corrected chi connectivity index (χ4v) is 4.72. The summed E-state index contributed by atoms with van der Waals surface area (Å²) in [6.07, 6.45) is 0.602. The quantitative estimate of drug-likeness (QED) is 0.736. The van der Waals surface area contributed by atoms with Crippen LogP contribution in [0.5, 0.6) is 0 Å². The number of hydrogen-bond acceptors (Lipinski definition) is 4. The molecule has 2 heterocycles. The average Bonchev–Trinajstić information content (AvgIpc) is 2.50. The Morgan fingerprint density at radius 1 is 1.28 bits per heavy atom. The van der Waals surface area contributed by atoms with E-state index in [0.29, 0.717) is 11.0 Å². The number of hydrogen-bond donors (Lipinski definition) is 2. The van der Waals surface area contributed by atoms with Crippen molar-refractivity contribution in [3.8, 4) is 0 Å². The lowest BCUT2D eigenvalue weighted by atomic mass is 9.82. The largest absolute Gasteiger partial charge is 0.479 e. The van der Waals surface area contributed by atoms with Gasteiger partial charge in [0.1, 0.15) is 0 Å². The normalized spacial score (nSPS) is 25.7. The maximum atomic E-state index is 11.6. The maximum absolute atomic E-state index is 11.6. The van der Waals surface area contributed by atoms with Gasteiger partial charge in [-0.3, -0.25) is 0 Å². The average molecular weight is 415 g/mol. The van der Waals surface area contributed by atoms with Gasteiger partial charge in [-0.05, 0) is 61.9 Å². The summed E-state index contributed by atoms with van der Waals surface area (Å²) in [4.78, 5) is 16.0. The van der Waals surface area contributed by atoms with Crippen molar-refractivity contribution in [1.82, 2.24) is 9.80 Å². The van der Waals surface area contributed by atoms with Gasteiger partial charge in [-0.1, -0.05) is 13.8 Å². The van der Waals surface area contributed by atoms with Crippen LogP contribution in [0, 0.1) is 5.41 Å². The molecule has 0 aliphatic carbocycles. The van der Waals surface area contributed by atoms with Crippen molar-refractivity contribution in [3.63, 3.8) is 0 Å². The van der Waals surface area contributed by atoms with Gasteiger partial charge in [-0.15, -0.1) is 0 Å². The fraction of sp³-hybridized carbons (Fsp3) is 0.737. The molecule has 0 amide bonds. The predicted molar refractivity (Wildman–Crippen MR) is 103 cm³/mol. The highest BCUT2D eigenvalue weighted by Gasteiger charge is 2.40. The Hall–Kier alpha value is -1.01. The Bertz CT molecular complexity index is 600. The minimum Gasteiger partial charge on any atom is -0.479 e. The van der Waals surface area contributed by atoms with Crippen molar-refractivity contribution < 1.29 is 15.0 Å². The van der Waals surface area contributed by atoms with Crippen LogP contribution in [0.4, 0.5) is 0 Å². The van der Waals surface area contributed by atoms with Crippen molar-refractivity contribution in [2.45, 2.75) is 72.6 Å². The molecule has 6 heteroatoms. The highest BCUT2D eigenvalue weighted by Crippen LogP contribution is 2.42. The second-order valence-corrected chi connectivity index (χ2v) is 9.07. The molecule has 0 radical (unpaired) electrons. The van der Waals surface area contributed by atoms with Crippen molar-refractivity contribution in [2.24, 2.45) is 5.41 Å². The van der Waals surface area contributed by atoms with E-state index >= 15 is 0 Å². The predicted octanol–water partition coefficient (Wildman–Crippen LogP) is 3.55. The zero-order valence-corrected chi connectivity index (χ0v) is 17.7. The molecule has 1 fully saturated rings. The van der Waals surface area contributed by atoms with Gasteiger partial charge in [0.25, 0.3) is 0 Å². The lowest BCUT2D eigenvalue weighted by Gasteiger charge is -2.47. The number of carboxylic acids is 1. The molecular formula is C19H31BrN2O3. The molecule has 2 aliphatic heterocycles. The lowest BCUT2D eigenvalue weighted by Crippen LogP contribution is -2.49. The van der Waals surface area contributed by atoms with Gasteiger partial charge >= 0.3 is 5.97 Å². The molecule has 142 valence electrons. The van der Waals surface area contributed by atoms with E-state index in [2.05, 4.69) is 60.3 Å². The molecule has 2 N–H and O–H groups in total. The van der Waals surface area contributed by atoms with E-state index in [-0.39, 0.29) is 12.1 Å². The molecule has 0 aromatic heterocycles. The Balaban J connectivity index is 2.54. The Kier molecular flexibility index (Phi) is 5.94. The Labute approximate surface area is 159 Å². The number of piperidine rings is 1. The van der Waals surface area contributed by atoms with Crippen LogP contribution in [-0.2, 0) is 4.79 Å². The number of aliphatic hydroxyl groups excluding tert-OH is 1. The van der Waals surface area contributed by atoms with E-state index in [9.17, 15) is 15.0 Å². The summed E-state index contributed by atoms with van der Waals surface area (Å²) < 4.78 is 0.898. The number of halogens is 1. The number of aliphatic hydroxyl groups is 1. The Morgan fingerprint density at radius 3 is 2.24 bits per heavy atom. The van der Waals surface area contributed by atoms with Crippen LogP contribution >= 0.6 is 15.9 Å². The number of allylic oxidation sites excluding steroid dienone is 2. The summed E-state index contributed by atoms with van der Waals surface area (Å²) in [5.41, 5.74) is 2.84. The van der Waals surface area contributed by atoms with Gasteiger partial charge in [0.05, 0.1) is 16.2 Å². The SMILES string of the molecule is CC1=C(Br)C(N2CCC(C)(C)CC2)=C([C@H](O)C(=O)O)C(C)N1C(C)C. The molecule has 1 unspecified atom stereocenters. The summed E-state index contributed by atoms with van der Waals surface area (Å²) >= 11 is 3.71. The first-order valence-electron chi connectivity index (χ1n) is 9.03. The van der Waals surface area contributed by atoms with Crippen LogP contribution in [0.1, 0.15) is 54.4 Å². The van der Waals surface area contributed by atoms with Crippen molar-refractivity contribution >= 4 is 21.9 Å². The molecule has 2 aliphatic rings. The smallest absolute Gasteiger partial charge is 0.337 e. The number of likely N-dealkylation sites (tertiary alicyclic amines) is 1. The van der Waals surface area contributed by atoms with Gasteiger partial charge in [0.15, 0.2) is 6.10 Å². The van der Waals surface area contributed by atoms with Crippen LogP contribution < -0.4 is 0 Å². The Morgan fingerprint density at radius 2 is 1.80 bits per heavy atom. The van der Waals surface area contributed by atoms with Crippen LogP contribution in [0.2, 0.25) is 0 Å². The molecular weight excluding hydrogens is 384 g/mol. The minimum atomic E-state index is -1.50. The monoisotopic (exact) mass is 414 g/mol. The third-order valence-corrected chi connectivity index (χ3v) is 6.52. The summed E-state index contributed by atoms with van der Waals surface area (Å²) in [7, 11) is 0. The van der Waals surface area contributed by atoms with Crippen molar-refractivity contribution in [2.75, 3.05) is 13.1 Å². The number of nitrogens with zero attached hydrogens (tertiary/aromatic N) is 2. The summed E-state index contributed by atoms with van der Waals surface area (Å²) in [6.45, 7) is 14.5. The number of aliphatic carboxylic acids is 1. The van der Waals surface area contributed by atoms with Crippen LogP contribution in [0.3, 0.4) is 0 Å². The standard InChI is InChI=1S/C19H31BrN2O3/c1-11(2)22-12(3)14(17(23)18(24)25)16(15(20)13(22)4)21-9-7-19(5,6)8-10-21/h11-12,17,23H,7-10H2,1-6H3,(H,24,25)/t12?,17-/m0/s1. The second-order valence-electron chi connectivity index (χ2n) is 8.27. The van der Waals surface area contributed by atoms with Crippen LogP contribution in [0.15, 0.2) is 21.4 Å². The summed E-state index contributed by atoms with van der Waals surface area (Å²) in [5, 5.41) is 20.0. The first-order chi connectivity index (χ1) is 11.5. The third-order valence-electron chi connectivity index (χ3n) is 5.57. The van der Waals surface area contributed by atoms with Crippen LogP contribution in [0.25, 0.3) is 0 Å². The third kappa shape index (κ3) is 3.90. The molecule has 2 atom stereocenters. The van der Waals surface area contributed by atoms with E-state index < -0.39 is 12.1 Å². The van der Waals surface area contributed by atoms with Gasteiger partial charge in [0.2, 0.25) is 0 Å². The van der Waals surface area contributed by atoms with E-state index in [4.69, 9.17) is 0 Å². The molecule has 2 rings (SSSR count). The first-order valence-corrected chi connectivity index (χ1v) is 9.82. The highest BCUT2D eigenvalue weighted by atomic mass is 79.9. The van der Waals surface area contributed by atoms with Gasteiger partial charge in [-0.2, -0.15) is 0 Å². The summed E-state index contributed by atoms with van der Waals surface area (Å²) in [6, 6.07) is 0.0396. The van der Waals surface area contributed by atoms with Gasteiger partial charge in [0, 0.05) is 30.4 Å². The van der Waals surface area contributed by atoms with Crippen LogP contribution in [-0.4, -0.2) is 57.3 Å². The molecule has 0 bridgehead atoms. The van der Waals surface area contributed by atoms with E-state index in [1.54, 1.807) is 0 Å². The van der Waals surface area contributed by atoms with E-state index in [1.807, 2.05) is 6.92 Å². The molecule has 0 saturated carbocycles. The number of rotatable bonds is 4. The summed E-state index contributed by atoms with van der Waals surface area (Å²) in [5.74, 6) is -1.19. The number of carbonyl (C=O) groups is 1. The maximum Gasteiger partial charge on any atom is 0.337 e. The molecule has 1 saturated heterocycles. The zero-order chi connectivity index (χ0) is 19.1. The first kappa shape index (κ1) is 20.3. The van der Waals surface area contributed by atoms with Crippen molar-refractivity contribution in [3.05, 3.63) is 21.4 Å². The highest BCUT2D eigenvalue weighted by molar-refractivity contribution is 9.12. The fourth-order valence-electron chi connectivity index (χ4n) is 4.03. The van der Waals surface area contributed by atoms with Gasteiger partial charge < -0.3 is 20.0 Å².